The van der Waals surface area contributed by atoms with Gasteiger partial charge in [0, 0.05) is 12.5 Å². The zero-order valence-electron chi connectivity index (χ0n) is 16.5. The number of carbonyl (C=O) groups excluding carboxylic acids is 1. The lowest BCUT2D eigenvalue weighted by Crippen LogP contribution is -2.44. The van der Waals surface area contributed by atoms with E-state index in [0.717, 1.165) is 18.2 Å². The van der Waals surface area contributed by atoms with E-state index in [4.69, 9.17) is 9.47 Å². The Bertz CT molecular complexity index is 939. The molecule has 30 heavy (non-hydrogen) atoms. The Labute approximate surface area is 171 Å². The zero-order chi connectivity index (χ0) is 22.5. The van der Waals surface area contributed by atoms with Crippen LogP contribution in [0.4, 0.5) is 14.9 Å². The fourth-order valence-corrected chi connectivity index (χ4v) is 2.43. The highest BCUT2D eigenvalue weighted by molar-refractivity contribution is 5.80. The Kier molecular flexibility index (Phi) is 6.93. The molecule has 2 rings (SSSR count). The maximum absolute atomic E-state index is 13.0. The number of hydrogen-bond donors (Lipinski definition) is 2. The van der Waals surface area contributed by atoms with Crippen molar-refractivity contribution in [1.82, 2.24) is 5.32 Å². The van der Waals surface area contributed by atoms with E-state index in [1.165, 1.54) is 24.3 Å². The first kappa shape index (κ1) is 22.6. The third-order valence-electron chi connectivity index (χ3n) is 3.69. The van der Waals surface area contributed by atoms with Crippen molar-refractivity contribution in [3.8, 4) is 11.5 Å². The molecule has 0 saturated carbocycles. The van der Waals surface area contributed by atoms with Gasteiger partial charge >= 0.3 is 17.7 Å². The maximum atomic E-state index is 13.0. The fraction of sp³-hybridized carbons (Fsp3) is 0.300. The fourth-order valence-electron chi connectivity index (χ4n) is 2.43. The summed E-state index contributed by atoms with van der Waals surface area (Å²) < 4.78 is 23.5. The summed E-state index contributed by atoms with van der Waals surface area (Å²) in [4.78, 5) is 34.1. The van der Waals surface area contributed by atoms with Crippen LogP contribution in [0, 0.1) is 15.9 Å². The molecule has 9 nitrogen and oxygen atoms in total. The summed E-state index contributed by atoms with van der Waals surface area (Å²) >= 11 is 0. The number of carboxylic acids is 1. The highest BCUT2D eigenvalue weighted by Crippen LogP contribution is 2.32. The lowest BCUT2D eigenvalue weighted by Gasteiger charge is -2.22. The van der Waals surface area contributed by atoms with Crippen LogP contribution in [0.25, 0.3) is 0 Å². The topological polar surface area (TPSA) is 128 Å². The summed E-state index contributed by atoms with van der Waals surface area (Å²) in [5.74, 6) is -1.70. The molecule has 0 aliphatic carbocycles. The third kappa shape index (κ3) is 6.73. The minimum absolute atomic E-state index is 0.0951. The van der Waals surface area contributed by atoms with E-state index in [0.29, 0.717) is 0 Å². The lowest BCUT2D eigenvalue weighted by molar-refractivity contribution is -0.385. The van der Waals surface area contributed by atoms with Gasteiger partial charge in [0.05, 0.1) is 4.92 Å². The number of benzene rings is 2. The molecule has 2 aromatic rings. The Morgan fingerprint density at radius 3 is 2.37 bits per heavy atom. The predicted octanol–water partition coefficient (Wildman–Crippen LogP) is 4.05. The number of carboxylic acid groups (broad SMARTS) is 1. The smallest absolute Gasteiger partial charge is 0.408 e. The van der Waals surface area contributed by atoms with E-state index in [1.807, 2.05) is 0 Å². The molecule has 1 atom stereocenters. The molecular weight excluding hydrogens is 399 g/mol. The summed E-state index contributed by atoms with van der Waals surface area (Å²) in [5, 5.41) is 23.0. The van der Waals surface area contributed by atoms with Crippen molar-refractivity contribution in [3.63, 3.8) is 0 Å². The van der Waals surface area contributed by atoms with Gasteiger partial charge in [0.25, 0.3) is 0 Å². The summed E-state index contributed by atoms with van der Waals surface area (Å²) in [6.07, 6.45) is -1.13. The molecule has 2 aromatic carbocycles. The Morgan fingerprint density at radius 2 is 1.83 bits per heavy atom. The number of alkyl carbamates (subject to hydrolysis) is 1. The van der Waals surface area contributed by atoms with E-state index >= 15 is 0 Å². The molecule has 0 heterocycles. The van der Waals surface area contributed by atoms with Crippen molar-refractivity contribution in [1.29, 1.82) is 0 Å². The quantitative estimate of drug-likeness (QED) is 0.511. The van der Waals surface area contributed by atoms with Crippen LogP contribution in [0.3, 0.4) is 0 Å². The molecular formula is C20H21FN2O7. The second-order valence-electron chi connectivity index (χ2n) is 7.36. The first-order valence-corrected chi connectivity index (χ1v) is 8.87. The zero-order valence-corrected chi connectivity index (χ0v) is 16.5. The standard InChI is InChI=1S/C20H21FN2O7/c1-20(2,3)30-19(26)22-15(18(24)25)10-12-4-9-17(16(11-12)23(27)28)29-14-7-5-13(21)6-8-14/h4-9,11,15H,10H2,1-3H3,(H,22,26)(H,24,25). The van der Waals surface area contributed by atoms with Gasteiger partial charge in [0.2, 0.25) is 5.75 Å². The average molecular weight is 420 g/mol. The van der Waals surface area contributed by atoms with Crippen molar-refractivity contribution in [2.75, 3.05) is 0 Å². The minimum Gasteiger partial charge on any atom is -0.480 e. The number of ether oxygens (including phenoxy) is 2. The van der Waals surface area contributed by atoms with Gasteiger partial charge in [-0.05, 0) is 56.7 Å². The van der Waals surface area contributed by atoms with E-state index in [9.17, 15) is 29.2 Å². The van der Waals surface area contributed by atoms with Crippen molar-refractivity contribution in [3.05, 3.63) is 64.0 Å². The van der Waals surface area contributed by atoms with Gasteiger partial charge < -0.3 is 19.9 Å². The van der Waals surface area contributed by atoms with Gasteiger partial charge in [-0.15, -0.1) is 0 Å². The van der Waals surface area contributed by atoms with Crippen LogP contribution in [-0.2, 0) is 16.0 Å². The average Bonchev–Trinajstić information content (AvgIpc) is 2.62. The molecule has 0 bridgehead atoms. The number of aliphatic carboxylic acids is 1. The van der Waals surface area contributed by atoms with Crippen molar-refractivity contribution < 1.29 is 33.5 Å². The Morgan fingerprint density at radius 1 is 1.20 bits per heavy atom. The first-order chi connectivity index (χ1) is 13.9. The summed E-state index contributed by atoms with van der Waals surface area (Å²) in [5.41, 5.74) is -0.930. The molecule has 0 radical (unpaired) electrons. The van der Waals surface area contributed by atoms with Gasteiger partial charge in [-0.3, -0.25) is 10.1 Å². The molecule has 1 amide bonds. The van der Waals surface area contributed by atoms with Crippen LogP contribution in [-0.4, -0.2) is 33.7 Å². The number of rotatable bonds is 7. The van der Waals surface area contributed by atoms with Gasteiger partial charge in [-0.25, -0.2) is 14.0 Å². The van der Waals surface area contributed by atoms with Gasteiger partial charge in [0.1, 0.15) is 23.2 Å². The van der Waals surface area contributed by atoms with Crippen LogP contribution >= 0.6 is 0 Å². The maximum Gasteiger partial charge on any atom is 0.408 e. The number of nitrogens with one attached hydrogen (secondary N) is 1. The van der Waals surface area contributed by atoms with Crippen LogP contribution in [0.15, 0.2) is 42.5 Å². The highest BCUT2D eigenvalue weighted by Gasteiger charge is 2.26. The SMILES string of the molecule is CC(C)(C)OC(=O)NC(Cc1ccc(Oc2ccc(F)cc2)c([N+](=O)[O-])c1)C(=O)O. The van der Waals surface area contributed by atoms with E-state index < -0.39 is 40.1 Å². The van der Waals surface area contributed by atoms with Crippen LogP contribution < -0.4 is 10.1 Å². The number of nitro groups is 1. The van der Waals surface area contributed by atoms with Crippen LogP contribution in [0.2, 0.25) is 0 Å². The molecule has 0 spiro atoms. The molecule has 0 aliphatic rings. The number of amides is 1. The molecule has 2 N–H and O–H groups in total. The third-order valence-corrected chi connectivity index (χ3v) is 3.69. The second-order valence-corrected chi connectivity index (χ2v) is 7.36. The highest BCUT2D eigenvalue weighted by atomic mass is 19.1. The first-order valence-electron chi connectivity index (χ1n) is 8.87. The summed E-state index contributed by atoms with van der Waals surface area (Å²) in [7, 11) is 0. The van der Waals surface area contributed by atoms with Crippen LogP contribution in [0.5, 0.6) is 11.5 Å². The van der Waals surface area contributed by atoms with E-state index in [-0.39, 0.29) is 23.5 Å². The minimum atomic E-state index is -1.36. The molecule has 0 aromatic heterocycles. The molecule has 1 unspecified atom stereocenters. The number of hydrogen-bond acceptors (Lipinski definition) is 6. The number of halogens is 1. The molecule has 160 valence electrons. The van der Waals surface area contributed by atoms with Crippen molar-refractivity contribution >= 4 is 17.7 Å². The Hall–Kier alpha value is -3.69. The number of nitro benzene ring substituents is 1. The normalized spacial score (nSPS) is 12.0. The molecule has 10 heteroatoms. The predicted molar refractivity (Wildman–Crippen MR) is 104 cm³/mol. The molecule has 0 saturated heterocycles. The van der Waals surface area contributed by atoms with Gasteiger partial charge in [-0.2, -0.15) is 0 Å². The van der Waals surface area contributed by atoms with Crippen LogP contribution in [0.1, 0.15) is 26.3 Å². The Balaban J connectivity index is 2.20. The van der Waals surface area contributed by atoms with Gasteiger partial charge in [0.15, 0.2) is 0 Å². The largest absolute Gasteiger partial charge is 0.480 e. The summed E-state index contributed by atoms with van der Waals surface area (Å²) in [6, 6.07) is 7.48. The molecule has 0 fully saturated rings. The lowest BCUT2D eigenvalue weighted by atomic mass is 10.0. The van der Waals surface area contributed by atoms with E-state index in [1.54, 1.807) is 20.8 Å². The monoisotopic (exact) mass is 420 g/mol. The summed E-state index contributed by atoms with van der Waals surface area (Å²) in [6.45, 7) is 4.89. The van der Waals surface area contributed by atoms with E-state index in [2.05, 4.69) is 5.32 Å². The van der Waals surface area contributed by atoms with Crippen molar-refractivity contribution in [2.45, 2.75) is 38.8 Å². The molecule has 0 aliphatic heterocycles. The number of carbonyl (C=O) groups is 2. The van der Waals surface area contributed by atoms with Gasteiger partial charge in [-0.1, -0.05) is 6.07 Å². The van der Waals surface area contributed by atoms with Crippen molar-refractivity contribution in [2.24, 2.45) is 0 Å². The number of nitrogens with zero attached hydrogens (tertiary/aromatic N) is 1. The second kappa shape index (κ2) is 9.21.